The lowest BCUT2D eigenvalue weighted by molar-refractivity contribution is 0.0693. The van der Waals surface area contributed by atoms with Gasteiger partial charge in [-0.2, -0.15) is 0 Å². The van der Waals surface area contributed by atoms with Crippen LogP contribution < -0.4 is 4.74 Å². The Hall–Kier alpha value is -1.94. The molecule has 2 aromatic rings. The number of thioether (sulfide) groups is 1. The number of hydrogen-bond acceptors (Lipinski definition) is 3. The molecule has 0 unspecified atom stereocenters. The van der Waals surface area contributed by atoms with E-state index in [1.54, 1.807) is 23.9 Å². The number of para-hydroxylation sites is 1. The van der Waals surface area contributed by atoms with Crippen molar-refractivity contribution in [1.82, 2.24) is 0 Å². The summed E-state index contributed by atoms with van der Waals surface area (Å²) in [6, 6.07) is 13.1. The van der Waals surface area contributed by atoms with Crippen LogP contribution in [0.5, 0.6) is 5.75 Å². The zero-order chi connectivity index (χ0) is 13.8. The molecule has 0 aliphatic carbocycles. The Morgan fingerprint density at radius 3 is 2.37 bits per heavy atom. The van der Waals surface area contributed by atoms with Gasteiger partial charge in [-0.05, 0) is 30.0 Å². The highest BCUT2D eigenvalue weighted by Gasteiger charge is 2.15. The van der Waals surface area contributed by atoms with Gasteiger partial charge >= 0.3 is 5.97 Å². The molecule has 0 saturated heterocycles. The summed E-state index contributed by atoms with van der Waals surface area (Å²) in [6.45, 7) is 0. The maximum atomic E-state index is 11.2. The molecule has 0 atom stereocenters. The van der Waals surface area contributed by atoms with Crippen LogP contribution >= 0.6 is 11.8 Å². The first-order chi connectivity index (χ1) is 9.17. The van der Waals surface area contributed by atoms with Gasteiger partial charge in [-0.3, -0.25) is 0 Å². The van der Waals surface area contributed by atoms with Gasteiger partial charge in [0.25, 0.3) is 0 Å². The predicted octanol–water partition coefficient (Wildman–Crippen LogP) is 3.78. The van der Waals surface area contributed by atoms with Crippen LogP contribution in [0.2, 0.25) is 0 Å². The second-order valence-corrected chi connectivity index (χ2v) is 4.80. The fraction of sp³-hybridized carbons (Fsp3) is 0.133. The third kappa shape index (κ3) is 2.74. The molecule has 4 heteroatoms. The highest BCUT2D eigenvalue weighted by molar-refractivity contribution is 7.98. The summed E-state index contributed by atoms with van der Waals surface area (Å²) in [4.78, 5) is 12.3. The summed E-state index contributed by atoms with van der Waals surface area (Å²) in [6.07, 6.45) is 2.01. The lowest BCUT2D eigenvalue weighted by Crippen LogP contribution is -2.01. The molecule has 98 valence electrons. The zero-order valence-corrected chi connectivity index (χ0v) is 11.5. The Morgan fingerprint density at radius 2 is 1.84 bits per heavy atom. The Labute approximate surface area is 116 Å². The van der Waals surface area contributed by atoms with Crippen molar-refractivity contribution in [3.63, 3.8) is 0 Å². The van der Waals surface area contributed by atoms with Gasteiger partial charge in [0.05, 0.1) is 7.11 Å². The van der Waals surface area contributed by atoms with E-state index in [1.165, 1.54) is 7.11 Å². The number of methoxy groups -OCH3 is 1. The minimum absolute atomic E-state index is 0.175. The lowest BCUT2D eigenvalue weighted by Gasteiger charge is -2.11. The molecular weight excluding hydrogens is 260 g/mol. The summed E-state index contributed by atoms with van der Waals surface area (Å²) in [7, 11) is 1.49. The SMILES string of the molecule is COc1c(C(=O)O)cccc1-c1ccc(SC)cc1. The van der Waals surface area contributed by atoms with Crippen molar-refractivity contribution in [3.05, 3.63) is 48.0 Å². The average molecular weight is 274 g/mol. The molecule has 2 aromatic carbocycles. The second-order valence-electron chi connectivity index (χ2n) is 3.92. The second kappa shape index (κ2) is 5.80. The van der Waals surface area contributed by atoms with Gasteiger partial charge in [0, 0.05) is 10.5 Å². The van der Waals surface area contributed by atoms with E-state index in [9.17, 15) is 4.79 Å². The Balaban J connectivity index is 2.54. The summed E-state index contributed by atoms with van der Waals surface area (Å²) in [5.74, 6) is -0.591. The monoisotopic (exact) mass is 274 g/mol. The van der Waals surface area contributed by atoms with Crippen LogP contribution in [0.15, 0.2) is 47.4 Å². The molecule has 0 spiro atoms. The third-order valence-corrected chi connectivity index (χ3v) is 3.59. The van der Waals surface area contributed by atoms with Crippen molar-refractivity contribution in [2.75, 3.05) is 13.4 Å². The number of aromatic carboxylic acids is 1. The summed E-state index contributed by atoms with van der Waals surface area (Å²) in [5, 5.41) is 9.17. The summed E-state index contributed by atoms with van der Waals surface area (Å²) < 4.78 is 5.26. The van der Waals surface area contributed by atoms with Crippen molar-refractivity contribution in [1.29, 1.82) is 0 Å². The molecule has 0 radical (unpaired) electrons. The molecule has 2 rings (SSSR count). The average Bonchev–Trinajstić information content (AvgIpc) is 2.46. The van der Waals surface area contributed by atoms with Crippen LogP contribution in [0.25, 0.3) is 11.1 Å². The van der Waals surface area contributed by atoms with Crippen LogP contribution in [-0.4, -0.2) is 24.4 Å². The number of carboxylic acids is 1. The van der Waals surface area contributed by atoms with E-state index in [1.807, 2.05) is 36.6 Å². The highest BCUT2D eigenvalue weighted by Crippen LogP contribution is 2.33. The predicted molar refractivity (Wildman–Crippen MR) is 77.2 cm³/mol. The minimum Gasteiger partial charge on any atom is -0.495 e. The normalized spacial score (nSPS) is 10.2. The van der Waals surface area contributed by atoms with E-state index in [0.717, 1.165) is 16.0 Å². The van der Waals surface area contributed by atoms with Crippen LogP contribution in [0.3, 0.4) is 0 Å². The number of hydrogen-bond donors (Lipinski definition) is 1. The quantitative estimate of drug-likeness (QED) is 0.862. The van der Waals surface area contributed by atoms with Gasteiger partial charge in [-0.1, -0.05) is 24.3 Å². The topological polar surface area (TPSA) is 46.5 Å². The molecule has 0 aromatic heterocycles. The summed E-state index contributed by atoms with van der Waals surface area (Å²) in [5.41, 5.74) is 1.90. The Morgan fingerprint density at radius 1 is 1.16 bits per heavy atom. The van der Waals surface area contributed by atoms with E-state index >= 15 is 0 Å². The van der Waals surface area contributed by atoms with E-state index in [0.29, 0.717) is 5.75 Å². The van der Waals surface area contributed by atoms with Crippen molar-refractivity contribution in [3.8, 4) is 16.9 Å². The number of ether oxygens (including phenoxy) is 1. The fourth-order valence-corrected chi connectivity index (χ4v) is 2.33. The lowest BCUT2D eigenvalue weighted by atomic mass is 10.0. The van der Waals surface area contributed by atoms with Crippen molar-refractivity contribution < 1.29 is 14.6 Å². The fourth-order valence-electron chi connectivity index (χ4n) is 1.92. The number of carbonyl (C=O) groups is 1. The first kappa shape index (κ1) is 13.5. The first-order valence-corrected chi connectivity index (χ1v) is 6.94. The summed E-state index contributed by atoms with van der Waals surface area (Å²) >= 11 is 1.67. The van der Waals surface area contributed by atoms with E-state index in [2.05, 4.69) is 0 Å². The van der Waals surface area contributed by atoms with Crippen LogP contribution in [0.1, 0.15) is 10.4 Å². The minimum atomic E-state index is -0.987. The molecule has 0 amide bonds. The molecule has 1 N–H and O–H groups in total. The number of benzene rings is 2. The van der Waals surface area contributed by atoms with Gasteiger partial charge in [0.2, 0.25) is 0 Å². The molecule has 3 nitrogen and oxygen atoms in total. The standard InChI is InChI=1S/C15H14O3S/c1-18-14-12(4-3-5-13(14)15(16)17)10-6-8-11(19-2)9-7-10/h3-9H,1-2H3,(H,16,17). The molecular formula is C15H14O3S. The Bertz CT molecular complexity index is 591. The van der Waals surface area contributed by atoms with Crippen LogP contribution in [0.4, 0.5) is 0 Å². The first-order valence-electron chi connectivity index (χ1n) is 5.72. The molecule has 0 fully saturated rings. The van der Waals surface area contributed by atoms with Gasteiger partial charge in [0.1, 0.15) is 11.3 Å². The van der Waals surface area contributed by atoms with Crippen LogP contribution in [-0.2, 0) is 0 Å². The van der Waals surface area contributed by atoms with E-state index in [-0.39, 0.29) is 5.56 Å². The highest BCUT2D eigenvalue weighted by atomic mass is 32.2. The van der Waals surface area contributed by atoms with E-state index < -0.39 is 5.97 Å². The van der Waals surface area contributed by atoms with Crippen molar-refractivity contribution >= 4 is 17.7 Å². The van der Waals surface area contributed by atoms with Gasteiger partial charge in [0.15, 0.2) is 0 Å². The maximum Gasteiger partial charge on any atom is 0.339 e. The van der Waals surface area contributed by atoms with Gasteiger partial charge in [-0.15, -0.1) is 11.8 Å². The molecule has 0 saturated carbocycles. The van der Waals surface area contributed by atoms with Crippen molar-refractivity contribution in [2.45, 2.75) is 4.90 Å². The molecule has 0 heterocycles. The molecule has 0 aliphatic rings. The van der Waals surface area contributed by atoms with Gasteiger partial charge in [-0.25, -0.2) is 4.79 Å². The van der Waals surface area contributed by atoms with Crippen molar-refractivity contribution in [2.24, 2.45) is 0 Å². The number of carboxylic acid groups (broad SMARTS) is 1. The Kier molecular flexibility index (Phi) is 4.12. The molecule has 0 bridgehead atoms. The molecule has 0 aliphatic heterocycles. The zero-order valence-electron chi connectivity index (χ0n) is 10.7. The van der Waals surface area contributed by atoms with E-state index in [4.69, 9.17) is 9.84 Å². The molecule has 19 heavy (non-hydrogen) atoms. The number of rotatable bonds is 4. The third-order valence-electron chi connectivity index (χ3n) is 2.85. The smallest absolute Gasteiger partial charge is 0.339 e. The van der Waals surface area contributed by atoms with Gasteiger partial charge < -0.3 is 9.84 Å². The maximum absolute atomic E-state index is 11.2. The van der Waals surface area contributed by atoms with Crippen LogP contribution in [0, 0.1) is 0 Å². The largest absolute Gasteiger partial charge is 0.495 e.